The lowest BCUT2D eigenvalue weighted by atomic mass is 10.1. The molecule has 0 aromatic rings. The summed E-state index contributed by atoms with van der Waals surface area (Å²) in [4.78, 5) is 0. The molecule has 0 aromatic carbocycles. The zero-order valence-electron chi connectivity index (χ0n) is 10.8. The first kappa shape index (κ1) is 15.4. The molecule has 0 saturated heterocycles. The largest absolute Gasteiger partial charge is 0.385 e. The third-order valence-electron chi connectivity index (χ3n) is 2.80. The molecule has 1 N–H and O–H groups in total. The van der Waals surface area contributed by atoms with Crippen LogP contribution >= 0.6 is 0 Å². The van der Waals surface area contributed by atoms with Gasteiger partial charge < -0.3 is 5.11 Å². The lowest BCUT2D eigenvalue weighted by Gasteiger charge is -2.00. The molecule has 0 aliphatic carbocycles. The van der Waals surface area contributed by atoms with E-state index in [-0.39, 0.29) is 0 Å². The Morgan fingerprint density at radius 3 is 2.12 bits per heavy atom. The summed E-state index contributed by atoms with van der Waals surface area (Å²) in [6, 6.07) is 0. The van der Waals surface area contributed by atoms with Crippen molar-refractivity contribution in [1.29, 1.82) is 0 Å². The van der Waals surface area contributed by atoms with Crippen LogP contribution in [0, 0.1) is 0 Å². The predicted octanol–water partition coefficient (Wildman–Crippen LogP) is 4.62. The number of aliphatic hydroxyl groups is 1. The van der Waals surface area contributed by atoms with Gasteiger partial charge >= 0.3 is 0 Å². The van der Waals surface area contributed by atoms with Crippen LogP contribution in [0.25, 0.3) is 0 Å². The Morgan fingerprint density at radius 1 is 1.00 bits per heavy atom. The second kappa shape index (κ2) is 12.5. The van der Waals surface area contributed by atoms with Crippen LogP contribution in [0.15, 0.2) is 24.8 Å². The molecule has 0 aromatic heterocycles. The number of rotatable bonds is 11. The van der Waals surface area contributed by atoms with Crippen molar-refractivity contribution in [1.82, 2.24) is 0 Å². The first-order chi connectivity index (χ1) is 7.81. The molecular weight excluding hydrogens is 196 g/mol. The van der Waals surface area contributed by atoms with Crippen molar-refractivity contribution < 1.29 is 5.11 Å². The van der Waals surface area contributed by atoms with Gasteiger partial charge in [0.15, 0.2) is 0 Å². The average molecular weight is 224 g/mol. The molecule has 0 fully saturated rings. The highest BCUT2D eigenvalue weighted by atomic mass is 16.3. The highest BCUT2D eigenvalue weighted by Crippen LogP contribution is 2.09. The molecule has 1 atom stereocenters. The van der Waals surface area contributed by atoms with Gasteiger partial charge in [-0.25, -0.2) is 0 Å². The summed E-state index contributed by atoms with van der Waals surface area (Å²) in [6.45, 7) is 5.78. The van der Waals surface area contributed by atoms with Crippen LogP contribution < -0.4 is 0 Å². The van der Waals surface area contributed by atoms with E-state index in [1.165, 1.54) is 51.4 Å². The topological polar surface area (TPSA) is 20.2 Å². The molecule has 0 heterocycles. The maximum absolute atomic E-state index is 9.18. The van der Waals surface area contributed by atoms with E-state index in [0.717, 1.165) is 6.42 Å². The zero-order valence-corrected chi connectivity index (χ0v) is 10.8. The molecule has 0 saturated carbocycles. The fraction of sp³-hybridized carbons (Fsp3) is 0.733. The first-order valence-corrected chi connectivity index (χ1v) is 6.78. The molecule has 1 nitrogen and oxygen atoms in total. The third kappa shape index (κ3) is 11.5. The quantitative estimate of drug-likeness (QED) is 0.401. The molecule has 1 heteroatoms. The number of hydrogen-bond acceptors (Lipinski definition) is 1. The maximum atomic E-state index is 9.18. The summed E-state index contributed by atoms with van der Waals surface area (Å²) in [7, 11) is 0. The van der Waals surface area contributed by atoms with E-state index in [1.807, 2.05) is 6.08 Å². The van der Waals surface area contributed by atoms with E-state index in [4.69, 9.17) is 0 Å². The number of hydrogen-bond donors (Lipinski definition) is 1. The molecule has 0 amide bonds. The fourth-order valence-corrected chi connectivity index (χ4v) is 1.71. The first-order valence-electron chi connectivity index (χ1n) is 6.78. The Bertz CT molecular complexity index is 172. The van der Waals surface area contributed by atoms with Crippen LogP contribution in [0.4, 0.5) is 0 Å². The van der Waals surface area contributed by atoms with Crippen LogP contribution in [0.5, 0.6) is 0 Å². The molecule has 0 bridgehead atoms. The number of aliphatic hydroxyl groups excluding tert-OH is 1. The van der Waals surface area contributed by atoms with E-state index in [9.17, 15) is 5.11 Å². The fourth-order valence-electron chi connectivity index (χ4n) is 1.71. The monoisotopic (exact) mass is 224 g/mol. The van der Waals surface area contributed by atoms with E-state index >= 15 is 0 Å². The second-order valence-electron chi connectivity index (χ2n) is 4.42. The maximum Gasteiger partial charge on any atom is 0.0899 e. The lowest BCUT2D eigenvalue weighted by Crippen LogP contribution is -1.93. The number of unbranched alkanes of at least 4 members (excludes halogenated alkanes) is 8. The summed E-state index contributed by atoms with van der Waals surface area (Å²) in [5, 5.41) is 9.18. The van der Waals surface area contributed by atoms with Crippen molar-refractivity contribution in [3.8, 4) is 0 Å². The minimum Gasteiger partial charge on any atom is -0.385 e. The summed E-state index contributed by atoms with van der Waals surface area (Å²) in [5.74, 6) is 0. The van der Waals surface area contributed by atoms with Crippen molar-refractivity contribution >= 4 is 0 Å². The van der Waals surface area contributed by atoms with Crippen molar-refractivity contribution in [2.75, 3.05) is 0 Å². The van der Waals surface area contributed by atoms with Crippen molar-refractivity contribution in [2.45, 2.75) is 70.8 Å². The van der Waals surface area contributed by atoms with Gasteiger partial charge in [-0.3, -0.25) is 0 Å². The Kier molecular flexibility index (Phi) is 12.1. The van der Waals surface area contributed by atoms with Crippen LogP contribution in [0.2, 0.25) is 0 Å². The number of allylic oxidation sites excluding steroid dienone is 1. The Hall–Kier alpha value is -0.560. The second-order valence-corrected chi connectivity index (χ2v) is 4.42. The van der Waals surface area contributed by atoms with Crippen LogP contribution in [0.1, 0.15) is 64.7 Å². The van der Waals surface area contributed by atoms with Gasteiger partial charge in [0, 0.05) is 0 Å². The third-order valence-corrected chi connectivity index (χ3v) is 2.80. The van der Waals surface area contributed by atoms with Gasteiger partial charge in [0.25, 0.3) is 0 Å². The van der Waals surface area contributed by atoms with E-state index in [2.05, 4.69) is 19.6 Å². The molecule has 0 spiro atoms. The summed E-state index contributed by atoms with van der Waals surface area (Å²) >= 11 is 0. The minimum atomic E-state index is -0.464. The molecule has 16 heavy (non-hydrogen) atoms. The SMILES string of the molecule is C=CC(O)C=CCCCCCCCCCC. The summed E-state index contributed by atoms with van der Waals surface area (Å²) < 4.78 is 0. The molecule has 1 unspecified atom stereocenters. The molecule has 0 aliphatic heterocycles. The van der Waals surface area contributed by atoms with Gasteiger partial charge in [-0.15, -0.1) is 6.58 Å². The Morgan fingerprint density at radius 2 is 1.56 bits per heavy atom. The van der Waals surface area contributed by atoms with E-state index < -0.39 is 6.10 Å². The molecule has 0 rings (SSSR count). The van der Waals surface area contributed by atoms with E-state index in [0.29, 0.717) is 0 Å². The van der Waals surface area contributed by atoms with Gasteiger partial charge in [-0.1, -0.05) is 70.1 Å². The van der Waals surface area contributed by atoms with Gasteiger partial charge in [-0.05, 0) is 12.8 Å². The lowest BCUT2D eigenvalue weighted by molar-refractivity contribution is 0.271. The van der Waals surface area contributed by atoms with Crippen molar-refractivity contribution in [2.24, 2.45) is 0 Å². The minimum absolute atomic E-state index is 0.464. The van der Waals surface area contributed by atoms with Crippen molar-refractivity contribution in [3.63, 3.8) is 0 Å². The Labute approximate surface area is 101 Å². The smallest absolute Gasteiger partial charge is 0.0899 e. The highest BCUT2D eigenvalue weighted by Gasteiger charge is 1.91. The van der Waals surface area contributed by atoms with Crippen LogP contribution in [0.3, 0.4) is 0 Å². The molecular formula is C15H28O. The molecule has 0 aliphatic rings. The average Bonchev–Trinajstić information content (AvgIpc) is 2.31. The zero-order chi connectivity index (χ0) is 12.1. The predicted molar refractivity (Wildman–Crippen MR) is 72.6 cm³/mol. The molecule has 94 valence electrons. The van der Waals surface area contributed by atoms with Gasteiger partial charge in [-0.2, -0.15) is 0 Å². The standard InChI is InChI=1S/C15H28O/c1-3-5-6-7-8-9-10-11-12-13-14-15(16)4-2/h4,13-16H,2-3,5-12H2,1H3. The molecule has 0 radical (unpaired) electrons. The normalized spacial score (nSPS) is 13.1. The van der Waals surface area contributed by atoms with E-state index in [1.54, 1.807) is 6.08 Å². The summed E-state index contributed by atoms with van der Waals surface area (Å²) in [5.41, 5.74) is 0. The van der Waals surface area contributed by atoms with Crippen molar-refractivity contribution in [3.05, 3.63) is 24.8 Å². The highest BCUT2D eigenvalue weighted by molar-refractivity contribution is 4.97. The van der Waals surface area contributed by atoms with Gasteiger partial charge in [0.2, 0.25) is 0 Å². The Balaban J connectivity index is 3.09. The summed E-state index contributed by atoms with van der Waals surface area (Å²) in [6.07, 6.45) is 16.9. The van der Waals surface area contributed by atoms with Gasteiger partial charge in [0.05, 0.1) is 6.10 Å². The van der Waals surface area contributed by atoms with Crippen LogP contribution in [-0.4, -0.2) is 11.2 Å². The van der Waals surface area contributed by atoms with Gasteiger partial charge in [0.1, 0.15) is 0 Å². The van der Waals surface area contributed by atoms with Crippen LogP contribution in [-0.2, 0) is 0 Å².